The van der Waals surface area contributed by atoms with Gasteiger partial charge in [-0.3, -0.25) is 24.5 Å². The number of nitro groups is 1. The summed E-state index contributed by atoms with van der Waals surface area (Å²) in [5.41, 5.74) is 0.414. The molecule has 0 aliphatic carbocycles. The molecule has 174 valence electrons. The topological polar surface area (TPSA) is 122 Å². The van der Waals surface area contributed by atoms with E-state index in [1.54, 1.807) is 43.0 Å². The maximum atomic E-state index is 13.2. The predicted molar refractivity (Wildman–Crippen MR) is 122 cm³/mol. The smallest absolute Gasteiger partial charge is 0.293 e. The Labute approximate surface area is 191 Å². The minimum atomic E-state index is -0.792. The molecule has 1 unspecified atom stereocenters. The number of rotatable bonds is 7. The van der Waals surface area contributed by atoms with Gasteiger partial charge in [-0.15, -0.1) is 0 Å². The molecule has 0 aromatic heterocycles. The lowest BCUT2D eigenvalue weighted by Gasteiger charge is -2.29. The molecule has 2 amide bonds. The highest BCUT2D eigenvalue weighted by Crippen LogP contribution is 2.29. The number of ketones is 1. The lowest BCUT2D eigenvalue weighted by Crippen LogP contribution is -2.50. The van der Waals surface area contributed by atoms with Crippen molar-refractivity contribution in [2.75, 3.05) is 45.3 Å². The highest BCUT2D eigenvalue weighted by molar-refractivity contribution is 6.16. The van der Waals surface area contributed by atoms with Crippen molar-refractivity contribution in [3.8, 4) is 0 Å². The molecule has 1 fully saturated rings. The third-order valence-corrected chi connectivity index (χ3v) is 5.37. The molecule has 1 aliphatic heterocycles. The van der Waals surface area contributed by atoms with Gasteiger partial charge in [-0.05, 0) is 25.1 Å². The van der Waals surface area contributed by atoms with Crippen molar-refractivity contribution in [3.05, 3.63) is 69.3 Å². The van der Waals surface area contributed by atoms with Crippen LogP contribution in [0.3, 0.4) is 0 Å². The third-order valence-electron chi connectivity index (χ3n) is 5.37. The average molecular weight is 454 g/mol. The first-order chi connectivity index (χ1) is 15.7. The van der Waals surface area contributed by atoms with Crippen molar-refractivity contribution >= 4 is 29.0 Å². The molecule has 1 aliphatic rings. The van der Waals surface area contributed by atoms with Crippen LogP contribution < -0.4 is 10.2 Å². The zero-order valence-corrected chi connectivity index (χ0v) is 18.7. The SMILES string of the molecule is CC(NC(=O)c1ccccc1C(=O)c1ccc(N(C)C)c([N+](=O)[O-])c1)C(=O)N1CCOCC1. The van der Waals surface area contributed by atoms with E-state index in [4.69, 9.17) is 4.74 Å². The average Bonchev–Trinajstić information content (AvgIpc) is 2.83. The fraction of sp³-hybridized carbons (Fsp3) is 0.348. The molecule has 1 saturated heterocycles. The second kappa shape index (κ2) is 10.2. The molecule has 0 spiro atoms. The first-order valence-corrected chi connectivity index (χ1v) is 10.5. The number of nitrogens with zero attached hydrogens (tertiary/aromatic N) is 3. The Balaban J connectivity index is 1.84. The lowest BCUT2D eigenvalue weighted by molar-refractivity contribution is -0.384. The maximum absolute atomic E-state index is 13.2. The summed E-state index contributed by atoms with van der Waals surface area (Å²) in [6.07, 6.45) is 0. The molecule has 1 N–H and O–H groups in total. The molecule has 33 heavy (non-hydrogen) atoms. The highest BCUT2D eigenvalue weighted by atomic mass is 16.6. The van der Waals surface area contributed by atoms with Gasteiger partial charge in [0.15, 0.2) is 5.78 Å². The normalized spacial score (nSPS) is 14.3. The van der Waals surface area contributed by atoms with Crippen LogP contribution in [0.5, 0.6) is 0 Å². The molecular weight excluding hydrogens is 428 g/mol. The van der Waals surface area contributed by atoms with Crippen molar-refractivity contribution < 1.29 is 24.0 Å². The molecule has 0 radical (unpaired) electrons. The van der Waals surface area contributed by atoms with Gasteiger partial charge in [0.2, 0.25) is 5.91 Å². The summed E-state index contributed by atoms with van der Waals surface area (Å²) in [5.74, 6) is -1.33. The number of ether oxygens (including phenoxy) is 1. The zero-order valence-electron chi connectivity index (χ0n) is 18.7. The fourth-order valence-corrected chi connectivity index (χ4v) is 3.62. The molecule has 1 heterocycles. The summed E-state index contributed by atoms with van der Waals surface area (Å²) >= 11 is 0. The molecule has 0 saturated carbocycles. The summed E-state index contributed by atoms with van der Waals surface area (Å²) in [7, 11) is 3.34. The van der Waals surface area contributed by atoms with Crippen LogP contribution in [-0.2, 0) is 9.53 Å². The van der Waals surface area contributed by atoms with Gasteiger partial charge in [-0.2, -0.15) is 0 Å². The number of carbonyl (C=O) groups is 3. The van der Waals surface area contributed by atoms with E-state index in [1.807, 2.05) is 0 Å². The van der Waals surface area contributed by atoms with Crippen LogP contribution in [0.25, 0.3) is 0 Å². The second-order valence-electron chi connectivity index (χ2n) is 7.86. The summed E-state index contributed by atoms with van der Waals surface area (Å²) < 4.78 is 5.24. The number of nitrogens with one attached hydrogen (secondary N) is 1. The monoisotopic (exact) mass is 454 g/mol. The van der Waals surface area contributed by atoms with E-state index in [0.717, 1.165) is 0 Å². The lowest BCUT2D eigenvalue weighted by atomic mass is 9.97. The highest BCUT2D eigenvalue weighted by Gasteiger charge is 2.26. The quantitative estimate of drug-likeness (QED) is 0.385. The molecule has 1 atom stereocenters. The van der Waals surface area contributed by atoms with Crippen LogP contribution in [-0.4, -0.2) is 73.9 Å². The van der Waals surface area contributed by atoms with E-state index in [9.17, 15) is 24.5 Å². The molecule has 10 heteroatoms. The van der Waals surface area contributed by atoms with Gasteiger partial charge in [-0.1, -0.05) is 18.2 Å². The molecule has 2 aromatic carbocycles. The standard InChI is InChI=1S/C23H26N4O6/c1-15(23(30)26-10-12-33-13-11-26)24-22(29)18-7-5-4-6-17(18)21(28)16-8-9-19(25(2)3)20(14-16)27(31)32/h4-9,14-15H,10-13H2,1-3H3,(H,24,29). The molecular formula is C23H26N4O6. The number of amides is 2. The zero-order chi connectivity index (χ0) is 24.1. The van der Waals surface area contributed by atoms with E-state index < -0.39 is 22.7 Å². The number of anilines is 1. The van der Waals surface area contributed by atoms with Crippen molar-refractivity contribution in [1.82, 2.24) is 10.2 Å². The van der Waals surface area contributed by atoms with E-state index >= 15 is 0 Å². The first-order valence-electron chi connectivity index (χ1n) is 10.5. The largest absolute Gasteiger partial charge is 0.378 e. The van der Waals surface area contributed by atoms with Crippen molar-refractivity contribution in [2.24, 2.45) is 0 Å². The number of carbonyl (C=O) groups excluding carboxylic acids is 3. The van der Waals surface area contributed by atoms with Crippen molar-refractivity contribution in [2.45, 2.75) is 13.0 Å². The Morgan fingerprint density at radius 1 is 1.09 bits per heavy atom. The number of nitro benzene ring substituents is 1. The van der Waals surface area contributed by atoms with Crippen LogP contribution in [0.2, 0.25) is 0 Å². The van der Waals surface area contributed by atoms with E-state index in [2.05, 4.69) is 5.32 Å². The summed E-state index contributed by atoms with van der Waals surface area (Å²) in [6, 6.07) is 9.58. The van der Waals surface area contributed by atoms with Gasteiger partial charge < -0.3 is 19.9 Å². The minimum Gasteiger partial charge on any atom is -0.378 e. The Bertz CT molecular complexity index is 1080. The van der Waals surface area contributed by atoms with Gasteiger partial charge in [-0.25, -0.2) is 0 Å². The van der Waals surface area contributed by atoms with Gasteiger partial charge in [0.1, 0.15) is 11.7 Å². The number of hydrogen-bond donors (Lipinski definition) is 1. The Morgan fingerprint density at radius 2 is 1.73 bits per heavy atom. The van der Waals surface area contributed by atoms with Gasteiger partial charge >= 0.3 is 0 Å². The maximum Gasteiger partial charge on any atom is 0.293 e. The van der Waals surface area contributed by atoms with Gasteiger partial charge in [0.25, 0.3) is 11.6 Å². The van der Waals surface area contributed by atoms with Crippen molar-refractivity contribution in [1.29, 1.82) is 0 Å². The van der Waals surface area contributed by atoms with E-state index in [-0.39, 0.29) is 28.3 Å². The van der Waals surface area contributed by atoms with Gasteiger partial charge in [0.05, 0.1) is 23.7 Å². The second-order valence-corrected chi connectivity index (χ2v) is 7.86. The van der Waals surface area contributed by atoms with Gasteiger partial charge in [0, 0.05) is 44.4 Å². The summed E-state index contributed by atoms with van der Waals surface area (Å²) in [6.45, 7) is 3.39. The Hall–Kier alpha value is -3.79. The van der Waals surface area contributed by atoms with E-state index in [1.165, 1.54) is 30.3 Å². The minimum absolute atomic E-state index is 0.0865. The third kappa shape index (κ3) is 5.35. The summed E-state index contributed by atoms with van der Waals surface area (Å²) in [4.78, 5) is 52.9. The van der Waals surface area contributed by atoms with Crippen LogP contribution in [0.1, 0.15) is 33.2 Å². The molecule has 3 rings (SSSR count). The molecule has 10 nitrogen and oxygen atoms in total. The van der Waals surface area contributed by atoms with E-state index in [0.29, 0.717) is 32.0 Å². The summed E-state index contributed by atoms with van der Waals surface area (Å²) in [5, 5.41) is 14.1. The van der Waals surface area contributed by atoms with Crippen LogP contribution >= 0.6 is 0 Å². The molecule has 0 bridgehead atoms. The van der Waals surface area contributed by atoms with Crippen molar-refractivity contribution in [3.63, 3.8) is 0 Å². The van der Waals surface area contributed by atoms with Crippen LogP contribution in [0.4, 0.5) is 11.4 Å². The fourth-order valence-electron chi connectivity index (χ4n) is 3.62. The number of morpholine rings is 1. The van der Waals surface area contributed by atoms with Crippen LogP contribution in [0, 0.1) is 10.1 Å². The Morgan fingerprint density at radius 3 is 2.33 bits per heavy atom. The van der Waals surface area contributed by atoms with Crippen LogP contribution in [0.15, 0.2) is 42.5 Å². The Kier molecular flexibility index (Phi) is 7.39. The predicted octanol–water partition coefficient (Wildman–Crippen LogP) is 1.87. The first kappa shape index (κ1) is 23.9. The number of hydrogen-bond acceptors (Lipinski definition) is 7. The molecule has 2 aromatic rings. The number of benzene rings is 2.